The number of methoxy groups -OCH3 is 1. The molecule has 168 valence electrons. The van der Waals surface area contributed by atoms with Crippen LogP contribution in [0.25, 0.3) is 22.3 Å². The molecule has 9 nitrogen and oxygen atoms in total. The standard InChI is InChI=1S/C23H27N5O4/c1-15-14-31-12-10-27(15)19-13-17(23(29)30-2)16-6-8-24-22(21(16)26-19)18-7-9-25-28(18)20-5-3-4-11-32-20/h6-9,13,15,20H,3-5,10-12,14H2,1-2H3. The van der Waals surface area contributed by atoms with Gasteiger partial charge in [-0.05, 0) is 44.4 Å². The Labute approximate surface area is 186 Å². The third-order valence-corrected chi connectivity index (χ3v) is 6.12. The monoisotopic (exact) mass is 437 g/mol. The normalized spacial score (nSPS) is 21.6. The van der Waals surface area contributed by atoms with Gasteiger partial charge in [-0.1, -0.05) is 0 Å². The molecule has 0 amide bonds. The van der Waals surface area contributed by atoms with Gasteiger partial charge in [0.15, 0.2) is 6.23 Å². The minimum absolute atomic E-state index is 0.131. The maximum atomic E-state index is 12.7. The molecule has 2 saturated heterocycles. The lowest BCUT2D eigenvalue weighted by atomic mass is 10.1. The van der Waals surface area contributed by atoms with E-state index in [1.54, 1.807) is 18.5 Å². The highest BCUT2D eigenvalue weighted by atomic mass is 16.5. The zero-order valence-corrected chi connectivity index (χ0v) is 18.4. The summed E-state index contributed by atoms with van der Waals surface area (Å²) in [5, 5.41) is 5.22. The number of hydrogen-bond donors (Lipinski definition) is 0. The fourth-order valence-corrected chi connectivity index (χ4v) is 4.47. The Bertz CT molecular complexity index is 1120. The van der Waals surface area contributed by atoms with E-state index < -0.39 is 5.97 Å². The molecule has 9 heteroatoms. The molecule has 3 aromatic heterocycles. The van der Waals surface area contributed by atoms with Gasteiger partial charge in [0.25, 0.3) is 0 Å². The molecule has 32 heavy (non-hydrogen) atoms. The van der Waals surface area contributed by atoms with Gasteiger partial charge in [0, 0.05) is 30.9 Å². The molecule has 0 aromatic carbocycles. The number of rotatable bonds is 4. The molecule has 2 aliphatic heterocycles. The van der Waals surface area contributed by atoms with E-state index in [1.807, 2.05) is 16.8 Å². The van der Waals surface area contributed by atoms with Crippen LogP contribution in [-0.2, 0) is 14.2 Å². The molecule has 0 saturated carbocycles. The maximum absolute atomic E-state index is 12.7. The molecular formula is C23H27N5O4. The third-order valence-electron chi connectivity index (χ3n) is 6.12. The molecule has 2 fully saturated rings. The van der Waals surface area contributed by atoms with E-state index in [1.165, 1.54) is 7.11 Å². The van der Waals surface area contributed by atoms with Crippen molar-refractivity contribution in [2.24, 2.45) is 0 Å². The molecule has 2 aliphatic rings. The van der Waals surface area contributed by atoms with Crippen molar-refractivity contribution in [2.45, 2.75) is 38.5 Å². The van der Waals surface area contributed by atoms with Gasteiger partial charge in [-0.15, -0.1) is 0 Å². The van der Waals surface area contributed by atoms with E-state index in [-0.39, 0.29) is 12.3 Å². The summed E-state index contributed by atoms with van der Waals surface area (Å²) >= 11 is 0. The van der Waals surface area contributed by atoms with Crippen LogP contribution in [0, 0.1) is 0 Å². The Hall–Kier alpha value is -3.04. The smallest absolute Gasteiger partial charge is 0.338 e. The van der Waals surface area contributed by atoms with Crippen LogP contribution < -0.4 is 4.90 Å². The van der Waals surface area contributed by atoms with Crippen molar-refractivity contribution in [3.05, 3.63) is 36.2 Å². The lowest BCUT2D eigenvalue weighted by Crippen LogP contribution is -2.44. The zero-order valence-electron chi connectivity index (χ0n) is 18.4. The average Bonchev–Trinajstić information content (AvgIpc) is 3.33. The van der Waals surface area contributed by atoms with E-state index >= 15 is 0 Å². The van der Waals surface area contributed by atoms with Crippen LogP contribution in [0.1, 0.15) is 42.8 Å². The number of aromatic nitrogens is 4. The van der Waals surface area contributed by atoms with Crippen molar-refractivity contribution < 1.29 is 19.0 Å². The fourth-order valence-electron chi connectivity index (χ4n) is 4.47. The summed E-state index contributed by atoms with van der Waals surface area (Å²) in [4.78, 5) is 24.5. The first-order valence-electron chi connectivity index (χ1n) is 11.1. The SMILES string of the molecule is COC(=O)c1cc(N2CCOCC2C)nc2c(-c3ccnn3C3CCCCO3)nccc12. The molecule has 5 heterocycles. The highest BCUT2D eigenvalue weighted by Gasteiger charge is 2.26. The summed E-state index contributed by atoms with van der Waals surface area (Å²) < 4.78 is 18.5. The molecule has 0 radical (unpaired) electrons. The first-order valence-corrected chi connectivity index (χ1v) is 11.1. The molecule has 0 bridgehead atoms. The van der Waals surface area contributed by atoms with Crippen LogP contribution in [0.4, 0.5) is 5.82 Å². The number of hydrogen-bond acceptors (Lipinski definition) is 8. The topological polar surface area (TPSA) is 91.6 Å². The van der Waals surface area contributed by atoms with Gasteiger partial charge in [0.2, 0.25) is 0 Å². The van der Waals surface area contributed by atoms with Crippen LogP contribution in [-0.4, -0.2) is 65.2 Å². The van der Waals surface area contributed by atoms with E-state index in [2.05, 4.69) is 21.9 Å². The molecule has 3 aromatic rings. The number of ether oxygens (including phenoxy) is 3. The van der Waals surface area contributed by atoms with Crippen molar-refractivity contribution >= 4 is 22.7 Å². The third kappa shape index (κ3) is 3.71. The quantitative estimate of drug-likeness (QED) is 0.575. The van der Waals surface area contributed by atoms with Crippen molar-refractivity contribution in [3.63, 3.8) is 0 Å². The molecule has 5 rings (SSSR count). The lowest BCUT2D eigenvalue weighted by Gasteiger charge is -2.34. The second-order valence-corrected chi connectivity index (χ2v) is 8.17. The van der Waals surface area contributed by atoms with E-state index in [0.717, 1.165) is 31.6 Å². The molecule has 0 N–H and O–H groups in total. The largest absolute Gasteiger partial charge is 0.465 e. The summed E-state index contributed by atoms with van der Waals surface area (Å²) in [6, 6.07) is 5.67. The van der Waals surface area contributed by atoms with Gasteiger partial charge in [0.1, 0.15) is 17.0 Å². The number of pyridine rings is 2. The second-order valence-electron chi connectivity index (χ2n) is 8.17. The summed E-state index contributed by atoms with van der Waals surface area (Å²) in [6.45, 7) is 4.73. The summed E-state index contributed by atoms with van der Waals surface area (Å²) in [5.74, 6) is 0.309. The number of anilines is 1. The minimum atomic E-state index is -0.402. The number of carbonyl (C=O) groups is 1. The Kier molecular flexibility index (Phi) is 5.75. The summed E-state index contributed by atoms with van der Waals surface area (Å²) in [6.07, 6.45) is 6.37. The van der Waals surface area contributed by atoms with E-state index in [0.29, 0.717) is 47.7 Å². The average molecular weight is 438 g/mol. The van der Waals surface area contributed by atoms with Gasteiger partial charge in [-0.2, -0.15) is 5.10 Å². The predicted octanol–water partition coefficient (Wildman–Crippen LogP) is 3.20. The Morgan fingerprint density at radius 3 is 2.91 bits per heavy atom. The van der Waals surface area contributed by atoms with Crippen molar-refractivity contribution in [3.8, 4) is 11.4 Å². The molecule has 0 aliphatic carbocycles. The highest BCUT2D eigenvalue weighted by molar-refractivity contribution is 6.07. The second kappa shape index (κ2) is 8.84. The van der Waals surface area contributed by atoms with Crippen LogP contribution in [0.2, 0.25) is 0 Å². The van der Waals surface area contributed by atoms with Gasteiger partial charge >= 0.3 is 5.97 Å². The zero-order chi connectivity index (χ0) is 22.1. The number of morpholine rings is 1. The van der Waals surface area contributed by atoms with Gasteiger partial charge < -0.3 is 19.1 Å². The first kappa shape index (κ1) is 20.8. The first-order chi connectivity index (χ1) is 15.7. The minimum Gasteiger partial charge on any atom is -0.465 e. The van der Waals surface area contributed by atoms with E-state index in [9.17, 15) is 4.79 Å². The Morgan fingerprint density at radius 2 is 2.12 bits per heavy atom. The highest BCUT2D eigenvalue weighted by Crippen LogP contribution is 2.33. The number of carbonyl (C=O) groups excluding carboxylic acids is 1. The van der Waals surface area contributed by atoms with Crippen LogP contribution >= 0.6 is 0 Å². The van der Waals surface area contributed by atoms with Crippen LogP contribution in [0.15, 0.2) is 30.6 Å². The Morgan fingerprint density at radius 1 is 1.22 bits per heavy atom. The fraction of sp³-hybridized carbons (Fsp3) is 0.478. The van der Waals surface area contributed by atoms with Gasteiger partial charge in [-0.3, -0.25) is 4.98 Å². The summed E-state index contributed by atoms with van der Waals surface area (Å²) in [5.41, 5.74) is 2.59. The van der Waals surface area contributed by atoms with Crippen LogP contribution in [0.3, 0.4) is 0 Å². The Balaban J connectivity index is 1.69. The molecule has 0 spiro atoms. The van der Waals surface area contributed by atoms with Gasteiger partial charge in [0.05, 0.1) is 37.6 Å². The van der Waals surface area contributed by atoms with Crippen molar-refractivity contribution in [1.82, 2.24) is 19.7 Å². The van der Waals surface area contributed by atoms with E-state index in [4.69, 9.17) is 19.2 Å². The molecular weight excluding hydrogens is 410 g/mol. The van der Waals surface area contributed by atoms with Crippen LogP contribution in [0.5, 0.6) is 0 Å². The molecule has 2 unspecified atom stereocenters. The number of fused-ring (bicyclic) bond motifs is 1. The van der Waals surface area contributed by atoms with Crippen molar-refractivity contribution in [2.75, 3.05) is 38.4 Å². The molecule has 2 atom stereocenters. The number of nitrogens with zero attached hydrogens (tertiary/aromatic N) is 5. The van der Waals surface area contributed by atoms with Crippen molar-refractivity contribution in [1.29, 1.82) is 0 Å². The maximum Gasteiger partial charge on any atom is 0.338 e. The predicted molar refractivity (Wildman–Crippen MR) is 119 cm³/mol. The van der Waals surface area contributed by atoms with Gasteiger partial charge in [-0.25, -0.2) is 14.5 Å². The lowest BCUT2D eigenvalue weighted by molar-refractivity contribution is -0.0383. The number of esters is 1. The summed E-state index contributed by atoms with van der Waals surface area (Å²) in [7, 11) is 1.39.